The van der Waals surface area contributed by atoms with E-state index in [-0.39, 0.29) is 35.0 Å². The molecule has 0 spiro atoms. The quantitative estimate of drug-likeness (QED) is 0.400. The molecule has 7 nitrogen and oxygen atoms in total. The summed E-state index contributed by atoms with van der Waals surface area (Å²) in [5.74, 6) is -1.97. The average Bonchev–Trinajstić information content (AvgIpc) is 3.07. The van der Waals surface area contributed by atoms with Gasteiger partial charge >= 0.3 is 5.97 Å². The van der Waals surface area contributed by atoms with E-state index in [4.69, 9.17) is 16.3 Å². The van der Waals surface area contributed by atoms with Crippen molar-refractivity contribution in [1.29, 1.82) is 0 Å². The van der Waals surface area contributed by atoms with Crippen molar-refractivity contribution in [2.75, 3.05) is 18.2 Å². The molecule has 0 N–H and O–H groups in total. The van der Waals surface area contributed by atoms with Crippen LogP contribution >= 0.6 is 11.6 Å². The van der Waals surface area contributed by atoms with Crippen LogP contribution in [0, 0.1) is 0 Å². The highest BCUT2D eigenvalue weighted by Crippen LogP contribution is 2.27. The Kier molecular flexibility index (Phi) is 6.24. The van der Waals surface area contributed by atoms with Crippen LogP contribution in [0.2, 0.25) is 5.02 Å². The van der Waals surface area contributed by atoms with Crippen molar-refractivity contribution in [1.82, 2.24) is 4.90 Å². The number of nitrogens with zero attached hydrogens (tertiary/aromatic N) is 2. The highest BCUT2D eigenvalue weighted by Gasteiger charge is 2.37. The minimum atomic E-state index is -0.499. The largest absolute Gasteiger partial charge is 0.462 e. The van der Waals surface area contributed by atoms with Crippen molar-refractivity contribution in [3.8, 4) is 0 Å². The van der Waals surface area contributed by atoms with Crippen molar-refractivity contribution in [2.24, 2.45) is 0 Å². The summed E-state index contributed by atoms with van der Waals surface area (Å²) in [6.07, 6.45) is 0. The molecular formula is C25H19ClN2O5. The van der Waals surface area contributed by atoms with Gasteiger partial charge in [-0.3, -0.25) is 24.2 Å². The van der Waals surface area contributed by atoms with Crippen LogP contribution in [0.15, 0.2) is 72.8 Å². The Morgan fingerprint density at radius 2 is 1.45 bits per heavy atom. The molecule has 3 amide bonds. The molecule has 3 aromatic carbocycles. The monoisotopic (exact) mass is 462 g/mol. The van der Waals surface area contributed by atoms with Crippen LogP contribution in [0.5, 0.6) is 0 Å². The third kappa shape index (κ3) is 4.23. The molecule has 0 radical (unpaired) electrons. The second-order valence-corrected chi connectivity index (χ2v) is 7.61. The molecule has 0 saturated heterocycles. The number of carbonyl (C=O) groups excluding carboxylic acids is 4. The third-order valence-corrected chi connectivity index (χ3v) is 5.53. The molecule has 3 aromatic rings. The van der Waals surface area contributed by atoms with E-state index >= 15 is 0 Å². The number of amides is 3. The molecule has 4 rings (SSSR count). The number of ether oxygens (including phenoxy) is 1. The van der Waals surface area contributed by atoms with Gasteiger partial charge in [0.15, 0.2) is 0 Å². The third-order valence-electron chi connectivity index (χ3n) is 5.20. The fourth-order valence-electron chi connectivity index (χ4n) is 3.54. The summed E-state index contributed by atoms with van der Waals surface area (Å²) in [4.78, 5) is 53.5. The molecule has 0 aromatic heterocycles. The topological polar surface area (TPSA) is 84.0 Å². The van der Waals surface area contributed by atoms with Gasteiger partial charge in [-0.2, -0.15) is 0 Å². The van der Waals surface area contributed by atoms with E-state index in [0.717, 1.165) is 4.90 Å². The van der Waals surface area contributed by atoms with E-state index < -0.39 is 23.7 Å². The summed E-state index contributed by atoms with van der Waals surface area (Å²) in [5, 5.41) is 0.234. The number of fused-ring (bicyclic) bond motifs is 1. The van der Waals surface area contributed by atoms with Gasteiger partial charge in [0, 0.05) is 5.69 Å². The Labute approximate surface area is 195 Å². The molecule has 0 atom stereocenters. The minimum Gasteiger partial charge on any atom is -0.462 e. The number of anilines is 1. The van der Waals surface area contributed by atoms with Gasteiger partial charge in [-0.25, -0.2) is 4.79 Å². The van der Waals surface area contributed by atoms with E-state index in [1.807, 2.05) is 0 Å². The number of benzene rings is 3. The van der Waals surface area contributed by atoms with Crippen molar-refractivity contribution in [2.45, 2.75) is 6.92 Å². The average molecular weight is 463 g/mol. The van der Waals surface area contributed by atoms with Gasteiger partial charge in [0.2, 0.25) is 0 Å². The maximum absolute atomic E-state index is 13.5. The number of halogens is 1. The highest BCUT2D eigenvalue weighted by molar-refractivity contribution is 6.34. The second kappa shape index (κ2) is 9.26. The number of esters is 1. The standard InChI is InChI=1S/C25H19ClN2O5/c1-2-33-25(32)16-11-13-17(14-12-16)27(24(31)20-9-5-6-10-21(20)26)15-28-22(29)18-7-3-4-8-19(18)23(28)30/h3-14H,2,15H2,1H3. The number of rotatable bonds is 6. The van der Waals surface area contributed by atoms with Gasteiger partial charge in [0.25, 0.3) is 17.7 Å². The molecule has 33 heavy (non-hydrogen) atoms. The van der Waals surface area contributed by atoms with Crippen molar-refractivity contribution >= 4 is 41.0 Å². The second-order valence-electron chi connectivity index (χ2n) is 7.21. The van der Waals surface area contributed by atoms with Crippen LogP contribution in [0.3, 0.4) is 0 Å². The van der Waals surface area contributed by atoms with Crippen LogP contribution in [-0.4, -0.2) is 41.9 Å². The van der Waals surface area contributed by atoms with E-state index in [1.54, 1.807) is 67.6 Å². The lowest BCUT2D eigenvalue weighted by Crippen LogP contribution is -2.44. The van der Waals surface area contributed by atoms with E-state index in [9.17, 15) is 19.2 Å². The Morgan fingerprint density at radius 1 is 0.879 bits per heavy atom. The molecule has 1 aliphatic heterocycles. The number of imide groups is 1. The molecule has 1 aliphatic rings. The molecular weight excluding hydrogens is 444 g/mol. The fraction of sp³-hybridized carbons (Fsp3) is 0.120. The summed E-state index contributed by atoms with van der Waals surface area (Å²) in [6.45, 7) is 1.62. The molecule has 0 unspecified atom stereocenters. The van der Waals surface area contributed by atoms with E-state index in [1.165, 1.54) is 17.0 Å². The predicted molar refractivity (Wildman–Crippen MR) is 122 cm³/mol. The lowest BCUT2D eigenvalue weighted by Gasteiger charge is -2.27. The first-order valence-electron chi connectivity index (χ1n) is 10.2. The van der Waals surface area contributed by atoms with Crippen LogP contribution < -0.4 is 4.90 Å². The van der Waals surface area contributed by atoms with Crippen molar-refractivity contribution in [3.05, 3.63) is 100 Å². The maximum atomic E-state index is 13.5. The number of carbonyl (C=O) groups is 4. The Bertz CT molecular complexity index is 1220. The SMILES string of the molecule is CCOC(=O)c1ccc(N(CN2C(=O)c3ccccc3C2=O)C(=O)c2ccccc2Cl)cc1. The fourth-order valence-corrected chi connectivity index (χ4v) is 3.76. The normalized spacial score (nSPS) is 12.5. The number of hydrogen-bond acceptors (Lipinski definition) is 5. The Morgan fingerprint density at radius 3 is 2.03 bits per heavy atom. The Balaban J connectivity index is 1.70. The van der Waals surface area contributed by atoms with Gasteiger partial charge in [-0.1, -0.05) is 35.9 Å². The van der Waals surface area contributed by atoms with Gasteiger partial charge in [0.05, 0.1) is 33.9 Å². The Hall–Kier alpha value is -3.97. The predicted octanol–water partition coefficient (Wildman–Crippen LogP) is 4.42. The minimum absolute atomic E-state index is 0.213. The first-order chi connectivity index (χ1) is 15.9. The van der Waals surface area contributed by atoms with Crippen LogP contribution in [-0.2, 0) is 4.74 Å². The summed E-state index contributed by atoms with van der Waals surface area (Å²) in [5.41, 5.74) is 1.47. The van der Waals surface area contributed by atoms with Crippen molar-refractivity contribution in [3.63, 3.8) is 0 Å². The zero-order valence-electron chi connectivity index (χ0n) is 17.7. The molecule has 0 fully saturated rings. The van der Waals surface area contributed by atoms with Crippen LogP contribution in [0.25, 0.3) is 0 Å². The summed E-state index contributed by atoms with van der Waals surface area (Å²) < 4.78 is 5.00. The lowest BCUT2D eigenvalue weighted by atomic mass is 10.1. The summed E-state index contributed by atoms with van der Waals surface area (Å²) in [7, 11) is 0. The molecule has 0 bridgehead atoms. The number of hydrogen-bond donors (Lipinski definition) is 0. The summed E-state index contributed by atoms with van der Waals surface area (Å²) in [6, 6.07) is 19.1. The van der Waals surface area contributed by atoms with Gasteiger partial charge in [0.1, 0.15) is 6.67 Å². The smallest absolute Gasteiger partial charge is 0.338 e. The maximum Gasteiger partial charge on any atom is 0.338 e. The van der Waals surface area contributed by atoms with Gasteiger partial charge in [-0.05, 0) is 55.5 Å². The zero-order valence-corrected chi connectivity index (χ0v) is 18.4. The van der Waals surface area contributed by atoms with E-state index in [2.05, 4.69) is 0 Å². The van der Waals surface area contributed by atoms with Crippen LogP contribution in [0.4, 0.5) is 5.69 Å². The summed E-state index contributed by atoms with van der Waals surface area (Å²) >= 11 is 6.24. The van der Waals surface area contributed by atoms with E-state index in [0.29, 0.717) is 11.3 Å². The molecule has 8 heteroatoms. The molecule has 166 valence electrons. The zero-order chi connectivity index (χ0) is 23.5. The molecule has 0 saturated carbocycles. The van der Waals surface area contributed by atoms with Crippen molar-refractivity contribution < 1.29 is 23.9 Å². The lowest BCUT2D eigenvalue weighted by molar-refractivity contribution is 0.0525. The highest BCUT2D eigenvalue weighted by atomic mass is 35.5. The molecule has 0 aliphatic carbocycles. The molecule has 1 heterocycles. The first kappa shape index (κ1) is 22.2. The van der Waals surface area contributed by atoms with Gasteiger partial charge < -0.3 is 4.74 Å². The van der Waals surface area contributed by atoms with Crippen LogP contribution in [0.1, 0.15) is 48.4 Å². The van der Waals surface area contributed by atoms with Gasteiger partial charge in [-0.15, -0.1) is 0 Å². The first-order valence-corrected chi connectivity index (χ1v) is 10.6.